The Labute approximate surface area is 224 Å². The molecule has 198 valence electrons. The van der Waals surface area contributed by atoms with Crippen molar-refractivity contribution in [3.63, 3.8) is 0 Å². The van der Waals surface area contributed by atoms with Gasteiger partial charge < -0.3 is 10.2 Å². The number of hydrogen-bond donors (Lipinski definition) is 2. The standard InChI is InChI=1S/C30H39N3O3S/c34-26-10-9-24(27(35)32-26)33-17-23-22(28(33)36)7-6-8-25(23)37-12-5-3-1-2-4-11-31-29-15-20-13-19-14-21(16-29)30(19,20)18-29/h6-8,19-21,24,31H,1-5,9-18H2,(H,32,34,35). The number of fused-ring (bicyclic) bond motifs is 2. The van der Waals surface area contributed by atoms with Crippen molar-refractivity contribution in [3.05, 3.63) is 29.3 Å². The van der Waals surface area contributed by atoms with Gasteiger partial charge in [-0.15, -0.1) is 11.8 Å². The van der Waals surface area contributed by atoms with Crippen LogP contribution >= 0.6 is 11.8 Å². The number of unbranched alkanes of at least 4 members (excludes halogenated alkanes) is 4. The summed E-state index contributed by atoms with van der Waals surface area (Å²) in [4.78, 5) is 39.6. The first-order valence-electron chi connectivity index (χ1n) is 14.6. The number of imide groups is 1. The lowest BCUT2D eigenvalue weighted by Crippen LogP contribution is -2.60. The Bertz CT molecular complexity index is 1120. The summed E-state index contributed by atoms with van der Waals surface area (Å²) in [7, 11) is 0. The Morgan fingerprint density at radius 3 is 2.54 bits per heavy atom. The van der Waals surface area contributed by atoms with Gasteiger partial charge in [-0.3, -0.25) is 19.7 Å². The van der Waals surface area contributed by atoms with Crippen molar-refractivity contribution in [1.29, 1.82) is 0 Å². The van der Waals surface area contributed by atoms with Crippen molar-refractivity contribution in [3.8, 4) is 0 Å². The number of carbonyl (C=O) groups is 3. The minimum atomic E-state index is -0.547. The Hall–Kier alpha value is -1.86. The molecule has 2 aliphatic heterocycles. The Kier molecular flexibility index (Phi) is 5.96. The zero-order chi connectivity index (χ0) is 25.2. The smallest absolute Gasteiger partial charge is 0.255 e. The largest absolute Gasteiger partial charge is 0.322 e. The van der Waals surface area contributed by atoms with Crippen molar-refractivity contribution in [2.24, 2.45) is 23.2 Å². The maximum absolute atomic E-state index is 13.0. The molecule has 6 aliphatic rings. The minimum absolute atomic E-state index is 0.0879. The first-order chi connectivity index (χ1) is 18.0. The summed E-state index contributed by atoms with van der Waals surface area (Å²) in [6.45, 7) is 1.66. The predicted octanol–water partition coefficient (Wildman–Crippen LogP) is 4.66. The molecule has 7 heteroatoms. The van der Waals surface area contributed by atoms with Crippen LogP contribution in [0.3, 0.4) is 0 Å². The molecule has 1 spiro atoms. The van der Waals surface area contributed by atoms with E-state index in [1.807, 2.05) is 23.9 Å². The van der Waals surface area contributed by atoms with E-state index in [0.29, 0.717) is 24.1 Å². The van der Waals surface area contributed by atoms with E-state index in [9.17, 15) is 14.4 Å². The van der Waals surface area contributed by atoms with Crippen LogP contribution in [0.2, 0.25) is 0 Å². The highest BCUT2D eigenvalue weighted by Gasteiger charge is 2.77. The van der Waals surface area contributed by atoms with Gasteiger partial charge in [-0.05, 0) is 105 Å². The lowest BCUT2D eigenvalue weighted by Gasteiger charge is -2.66. The van der Waals surface area contributed by atoms with Gasteiger partial charge in [0.15, 0.2) is 0 Å². The fraction of sp³-hybridized carbons (Fsp3) is 0.700. The third-order valence-electron chi connectivity index (χ3n) is 11.0. The maximum Gasteiger partial charge on any atom is 0.255 e. The fourth-order valence-electron chi connectivity index (χ4n) is 9.27. The molecule has 0 radical (unpaired) electrons. The highest BCUT2D eigenvalue weighted by Crippen LogP contribution is 2.82. The SMILES string of the molecule is O=C1CCC(N2Cc3c(SCCCCCCCNC45CC6CC7CC(C4)C76C5)cccc3C2=O)C(=O)N1. The number of thioether (sulfide) groups is 1. The minimum Gasteiger partial charge on any atom is -0.322 e. The first kappa shape index (κ1) is 24.2. The van der Waals surface area contributed by atoms with E-state index < -0.39 is 6.04 Å². The molecule has 3 unspecified atom stereocenters. The second-order valence-electron chi connectivity index (χ2n) is 12.8. The normalized spacial score (nSPS) is 36.8. The average Bonchev–Trinajstić information content (AvgIpc) is 3.47. The van der Waals surface area contributed by atoms with Crippen LogP contribution in [0.1, 0.15) is 93.0 Å². The summed E-state index contributed by atoms with van der Waals surface area (Å²) in [5.41, 5.74) is 3.09. The zero-order valence-electron chi connectivity index (χ0n) is 21.7. The maximum atomic E-state index is 13.0. The number of nitrogens with one attached hydrogen (secondary N) is 2. The second kappa shape index (κ2) is 9.11. The van der Waals surface area contributed by atoms with Crippen LogP contribution in [0.25, 0.3) is 0 Å². The van der Waals surface area contributed by atoms with Gasteiger partial charge in [0.25, 0.3) is 5.91 Å². The van der Waals surface area contributed by atoms with E-state index in [1.165, 1.54) is 70.8 Å². The van der Waals surface area contributed by atoms with Gasteiger partial charge in [-0.2, -0.15) is 0 Å². The quantitative estimate of drug-likeness (QED) is 0.252. The van der Waals surface area contributed by atoms with E-state index in [4.69, 9.17) is 0 Å². The van der Waals surface area contributed by atoms with Crippen LogP contribution in [-0.4, -0.2) is 46.5 Å². The first-order valence-corrected chi connectivity index (χ1v) is 15.6. The van der Waals surface area contributed by atoms with E-state index in [-0.39, 0.29) is 24.1 Å². The molecule has 37 heavy (non-hydrogen) atoms. The average molecular weight is 522 g/mol. The van der Waals surface area contributed by atoms with Crippen LogP contribution < -0.4 is 10.6 Å². The van der Waals surface area contributed by atoms with Gasteiger partial charge in [0.1, 0.15) is 6.04 Å². The zero-order valence-corrected chi connectivity index (χ0v) is 22.5. The van der Waals surface area contributed by atoms with E-state index >= 15 is 0 Å². The lowest BCUT2D eigenvalue weighted by atomic mass is 9.38. The van der Waals surface area contributed by atoms with Crippen molar-refractivity contribution in [2.75, 3.05) is 12.3 Å². The summed E-state index contributed by atoms with van der Waals surface area (Å²) in [6.07, 6.45) is 14.6. The molecule has 7 rings (SSSR count). The molecule has 3 amide bonds. The van der Waals surface area contributed by atoms with Gasteiger partial charge in [-0.1, -0.05) is 25.3 Å². The molecular weight excluding hydrogens is 482 g/mol. The number of carbonyl (C=O) groups excluding carboxylic acids is 3. The topological polar surface area (TPSA) is 78.5 Å². The summed E-state index contributed by atoms with van der Waals surface area (Å²) in [5.74, 6) is 3.61. The highest BCUT2D eigenvalue weighted by molar-refractivity contribution is 7.99. The monoisotopic (exact) mass is 521 g/mol. The molecule has 2 heterocycles. The number of benzene rings is 1. The van der Waals surface area contributed by atoms with Crippen LogP contribution in [0.15, 0.2) is 23.1 Å². The molecule has 2 N–H and O–H groups in total. The molecule has 1 aromatic rings. The van der Waals surface area contributed by atoms with Gasteiger partial charge in [-0.25, -0.2) is 0 Å². The molecule has 5 fully saturated rings. The van der Waals surface area contributed by atoms with Gasteiger partial charge in [0.05, 0.1) is 0 Å². The number of piperidine rings is 1. The summed E-state index contributed by atoms with van der Waals surface area (Å²) >= 11 is 1.83. The van der Waals surface area contributed by atoms with Crippen LogP contribution in [-0.2, 0) is 16.1 Å². The van der Waals surface area contributed by atoms with Crippen molar-refractivity contribution < 1.29 is 14.4 Å². The van der Waals surface area contributed by atoms with Crippen LogP contribution in [0, 0.1) is 23.2 Å². The Morgan fingerprint density at radius 1 is 1.00 bits per heavy atom. The molecule has 4 aliphatic carbocycles. The fourth-order valence-corrected chi connectivity index (χ4v) is 10.4. The molecule has 3 atom stereocenters. The van der Waals surface area contributed by atoms with Crippen molar-refractivity contribution >= 4 is 29.5 Å². The van der Waals surface area contributed by atoms with Gasteiger partial charge in [0.2, 0.25) is 11.8 Å². The molecule has 6 nitrogen and oxygen atoms in total. The summed E-state index contributed by atoms with van der Waals surface area (Å²) in [6, 6.07) is 5.37. The van der Waals surface area contributed by atoms with E-state index in [0.717, 1.165) is 39.4 Å². The number of nitrogens with zero attached hydrogens (tertiary/aromatic N) is 1. The van der Waals surface area contributed by atoms with Crippen molar-refractivity contribution in [2.45, 2.75) is 100 Å². The lowest BCUT2D eigenvalue weighted by molar-refractivity contribution is -0.175. The summed E-state index contributed by atoms with van der Waals surface area (Å²) < 4.78 is 0. The molecule has 1 saturated heterocycles. The van der Waals surface area contributed by atoms with Crippen molar-refractivity contribution in [1.82, 2.24) is 15.5 Å². The molecule has 1 aromatic carbocycles. The number of hydrogen-bond acceptors (Lipinski definition) is 5. The van der Waals surface area contributed by atoms with Gasteiger partial charge in [0, 0.05) is 29.0 Å². The Morgan fingerprint density at radius 2 is 1.78 bits per heavy atom. The summed E-state index contributed by atoms with van der Waals surface area (Å²) in [5, 5.41) is 6.43. The highest BCUT2D eigenvalue weighted by atomic mass is 32.2. The third-order valence-corrected chi connectivity index (χ3v) is 12.1. The number of amides is 3. The van der Waals surface area contributed by atoms with Crippen LogP contribution in [0.5, 0.6) is 0 Å². The predicted molar refractivity (Wildman–Crippen MR) is 143 cm³/mol. The van der Waals surface area contributed by atoms with Crippen LogP contribution in [0.4, 0.5) is 0 Å². The van der Waals surface area contributed by atoms with E-state index in [1.54, 1.807) is 4.90 Å². The second-order valence-corrected chi connectivity index (χ2v) is 13.9. The molecule has 0 aromatic heterocycles. The third kappa shape index (κ3) is 3.82. The molecule has 2 bridgehead atoms. The Balaban J connectivity index is 0.818. The van der Waals surface area contributed by atoms with Gasteiger partial charge >= 0.3 is 0 Å². The molecular formula is C30H39N3O3S. The molecule has 4 saturated carbocycles. The number of rotatable bonds is 11. The van der Waals surface area contributed by atoms with E-state index in [2.05, 4.69) is 16.7 Å².